The maximum Gasteiger partial charge on any atom is 0.257 e. The van der Waals surface area contributed by atoms with Crippen LogP contribution in [-0.2, 0) is 14.8 Å². The quantitative estimate of drug-likeness (QED) is 0.320. The van der Waals surface area contributed by atoms with Gasteiger partial charge in [-0.15, -0.1) is 11.3 Å². The van der Waals surface area contributed by atoms with Gasteiger partial charge in [-0.05, 0) is 74.5 Å². The summed E-state index contributed by atoms with van der Waals surface area (Å²) in [6.45, 7) is 4.30. The summed E-state index contributed by atoms with van der Waals surface area (Å²) >= 11 is 1.31. The molecule has 3 aromatic carbocycles. The molecule has 2 heterocycles. The number of hydrogen-bond acceptors (Lipinski definition) is 7. The van der Waals surface area contributed by atoms with Crippen molar-refractivity contribution in [3.8, 4) is 22.8 Å². The van der Waals surface area contributed by atoms with Gasteiger partial charge in [0.2, 0.25) is 10.0 Å². The van der Waals surface area contributed by atoms with Crippen molar-refractivity contribution in [3.05, 3.63) is 89.8 Å². The van der Waals surface area contributed by atoms with Crippen LogP contribution in [0.25, 0.3) is 11.3 Å². The molecule has 1 aliphatic rings. The van der Waals surface area contributed by atoms with E-state index in [0.29, 0.717) is 29.5 Å². The summed E-state index contributed by atoms with van der Waals surface area (Å²) in [6, 6.07) is 23.0. The number of nitrogens with zero attached hydrogens (tertiary/aromatic N) is 2. The summed E-state index contributed by atoms with van der Waals surface area (Å²) in [7, 11) is -3.68. The molecule has 1 aliphatic heterocycles. The highest BCUT2D eigenvalue weighted by atomic mass is 32.2. The van der Waals surface area contributed by atoms with Gasteiger partial charge in [-0.2, -0.15) is 4.31 Å². The molecular formula is C28H27N3O5S2. The normalized spacial score (nSPS) is 18.2. The number of anilines is 1. The maximum atomic E-state index is 13.1. The van der Waals surface area contributed by atoms with Gasteiger partial charge in [0.05, 0.1) is 22.8 Å². The molecule has 0 radical (unpaired) electrons. The van der Waals surface area contributed by atoms with E-state index >= 15 is 0 Å². The van der Waals surface area contributed by atoms with Gasteiger partial charge in [-0.1, -0.05) is 18.2 Å². The Morgan fingerprint density at radius 1 is 0.947 bits per heavy atom. The third-order valence-corrected chi connectivity index (χ3v) is 8.60. The summed E-state index contributed by atoms with van der Waals surface area (Å²) in [5, 5.41) is 5.10. The van der Waals surface area contributed by atoms with Crippen LogP contribution in [0.4, 0.5) is 5.13 Å². The molecule has 1 N–H and O–H groups in total. The van der Waals surface area contributed by atoms with Crippen LogP contribution in [0.3, 0.4) is 0 Å². The molecule has 1 saturated heterocycles. The van der Waals surface area contributed by atoms with Crippen molar-refractivity contribution in [1.82, 2.24) is 9.29 Å². The third-order valence-electron chi connectivity index (χ3n) is 5.99. The molecule has 2 unspecified atom stereocenters. The molecule has 10 heteroatoms. The topological polar surface area (TPSA) is 97.8 Å². The fourth-order valence-electron chi connectivity index (χ4n) is 4.21. The number of aromatic nitrogens is 1. The molecule has 1 amide bonds. The second-order valence-corrected chi connectivity index (χ2v) is 11.8. The Bertz CT molecular complexity index is 1490. The first kappa shape index (κ1) is 26.1. The van der Waals surface area contributed by atoms with Gasteiger partial charge in [0.25, 0.3) is 5.91 Å². The molecule has 1 aromatic heterocycles. The number of nitrogens with one attached hydrogen (secondary N) is 1. The molecule has 0 bridgehead atoms. The van der Waals surface area contributed by atoms with Crippen molar-refractivity contribution in [2.24, 2.45) is 0 Å². The molecule has 8 nitrogen and oxygen atoms in total. The first-order chi connectivity index (χ1) is 18.3. The second-order valence-electron chi connectivity index (χ2n) is 9.04. The highest BCUT2D eigenvalue weighted by molar-refractivity contribution is 7.89. The van der Waals surface area contributed by atoms with Gasteiger partial charge in [0.15, 0.2) is 5.13 Å². The van der Waals surface area contributed by atoms with Crippen LogP contribution in [0.1, 0.15) is 24.2 Å². The van der Waals surface area contributed by atoms with Crippen LogP contribution in [0.15, 0.2) is 89.1 Å². The molecule has 5 rings (SSSR count). The minimum Gasteiger partial charge on any atom is -0.457 e. The number of rotatable bonds is 7. The Hall–Kier alpha value is -3.57. The summed E-state index contributed by atoms with van der Waals surface area (Å²) in [5.41, 5.74) is 1.96. The standard InChI is InChI=1S/C28H27N3O5S2/c1-19-16-31(17-20(2)35-19)38(33,34)25-14-10-22(11-15-25)27(32)30-28-29-26(18-37-28)21-8-12-24(13-9-21)36-23-6-4-3-5-7-23/h3-15,18-20H,16-17H2,1-2H3,(H,29,30,32). The molecule has 0 spiro atoms. The Balaban J connectivity index is 1.22. The second kappa shape index (κ2) is 11.0. The van der Waals surface area contributed by atoms with E-state index in [-0.39, 0.29) is 23.0 Å². The SMILES string of the molecule is CC1CN(S(=O)(=O)c2ccc(C(=O)Nc3nc(-c4ccc(Oc5ccccc5)cc4)cs3)cc2)CC(C)O1. The molecule has 0 aliphatic carbocycles. The first-order valence-electron chi connectivity index (χ1n) is 12.1. The summed E-state index contributed by atoms with van der Waals surface area (Å²) in [5.74, 6) is 1.11. The fraction of sp³-hybridized carbons (Fsp3) is 0.214. The Kier molecular flexibility index (Phi) is 7.57. The van der Waals surface area contributed by atoms with Crippen molar-refractivity contribution in [3.63, 3.8) is 0 Å². The number of morpholine rings is 1. The van der Waals surface area contributed by atoms with Crippen molar-refractivity contribution >= 4 is 32.4 Å². The van der Waals surface area contributed by atoms with Gasteiger partial charge < -0.3 is 9.47 Å². The molecule has 38 heavy (non-hydrogen) atoms. The number of amides is 1. The van der Waals surface area contributed by atoms with E-state index in [1.165, 1.54) is 39.9 Å². The lowest BCUT2D eigenvalue weighted by molar-refractivity contribution is -0.0440. The summed E-state index contributed by atoms with van der Waals surface area (Å²) in [6.07, 6.45) is -0.357. The van der Waals surface area contributed by atoms with E-state index in [0.717, 1.165) is 17.0 Å². The van der Waals surface area contributed by atoms with Crippen molar-refractivity contribution in [1.29, 1.82) is 0 Å². The van der Waals surface area contributed by atoms with Crippen LogP contribution < -0.4 is 10.1 Å². The number of carbonyl (C=O) groups is 1. The van der Waals surface area contributed by atoms with Crippen LogP contribution in [0, 0.1) is 0 Å². The smallest absolute Gasteiger partial charge is 0.257 e. The Morgan fingerprint density at radius 2 is 1.58 bits per heavy atom. The highest BCUT2D eigenvalue weighted by Crippen LogP contribution is 2.29. The van der Waals surface area contributed by atoms with Crippen LogP contribution in [0.2, 0.25) is 0 Å². The molecule has 4 aromatic rings. The Labute approximate surface area is 225 Å². The highest BCUT2D eigenvalue weighted by Gasteiger charge is 2.32. The predicted octanol–water partition coefficient (Wildman–Crippen LogP) is 5.65. The maximum absolute atomic E-state index is 13.1. The van der Waals surface area contributed by atoms with Crippen LogP contribution in [-0.4, -0.2) is 48.9 Å². The minimum absolute atomic E-state index is 0.145. The first-order valence-corrected chi connectivity index (χ1v) is 14.5. The zero-order valence-electron chi connectivity index (χ0n) is 20.9. The van der Waals surface area contributed by atoms with Gasteiger partial charge in [-0.3, -0.25) is 10.1 Å². The van der Waals surface area contributed by atoms with E-state index < -0.39 is 10.0 Å². The average molecular weight is 550 g/mol. The van der Waals surface area contributed by atoms with E-state index in [4.69, 9.17) is 9.47 Å². The largest absolute Gasteiger partial charge is 0.457 e. The van der Waals surface area contributed by atoms with Crippen molar-refractivity contribution in [2.75, 3.05) is 18.4 Å². The lowest BCUT2D eigenvalue weighted by Gasteiger charge is -2.34. The third kappa shape index (κ3) is 5.94. The molecule has 196 valence electrons. The number of para-hydroxylation sites is 1. The number of hydrogen-bond donors (Lipinski definition) is 1. The summed E-state index contributed by atoms with van der Waals surface area (Å²) in [4.78, 5) is 17.5. The molecule has 1 fully saturated rings. The zero-order valence-corrected chi connectivity index (χ0v) is 22.5. The predicted molar refractivity (Wildman–Crippen MR) is 147 cm³/mol. The number of ether oxygens (including phenoxy) is 2. The number of benzene rings is 3. The monoisotopic (exact) mass is 549 g/mol. The van der Waals surface area contributed by atoms with Crippen molar-refractivity contribution in [2.45, 2.75) is 31.0 Å². The Morgan fingerprint density at radius 3 is 2.24 bits per heavy atom. The van der Waals surface area contributed by atoms with Gasteiger partial charge in [-0.25, -0.2) is 13.4 Å². The minimum atomic E-state index is -3.68. The lowest BCUT2D eigenvalue weighted by atomic mass is 10.2. The van der Waals surface area contributed by atoms with E-state index in [2.05, 4.69) is 10.3 Å². The summed E-state index contributed by atoms with van der Waals surface area (Å²) < 4.78 is 39.0. The van der Waals surface area contributed by atoms with Crippen LogP contribution >= 0.6 is 11.3 Å². The molecular weight excluding hydrogens is 522 g/mol. The molecule has 2 atom stereocenters. The van der Waals surface area contributed by atoms with Gasteiger partial charge in [0.1, 0.15) is 11.5 Å². The average Bonchev–Trinajstić information content (AvgIpc) is 3.37. The van der Waals surface area contributed by atoms with E-state index in [1.54, 1.807) is 0 Å². The van der Waals surface area contributed by atoms with Gasteiger partial charge >= 0.3 is 0 Å². The number of sulfonamides is 1. The van der Waals surface area contributed by atoms with E-state index in [1.807, 2.05) is 73.8 Å². The van der Waals surface area contributed by atoms with Crippen molar-refractivity contribution < 1.29 is 22.7 Å². The van der Waals surface area contributed by atoms with Gasteiger partial charge in [0, 0.05) is 29.6 Å². The molecule has 0 saturated carbocycles. The fourth-order valence-corrected chi connectivity index (χ4v) is 6.51. The number of carbonyl (C=O) groups excluding carboxylic acids is 1. The lowest BCUT2D eigenvalue weighted by Crippen LogP contribution is -2.48. The van der Waals surface area contributed by atoms with Crippen LogP contribution in [0.5, 0.6) is 11.5 Å². The zero-order chi connectivity index (χ0) is 26.7. The van der Waals surface area contributed by atoms with E-state index in [9.17, 15) is 13.2 Å². The number of thiazole rings is 1.